The van der Waals surface area contributed by atoms with Crippen molar-refractivity contribution in [3.63, 3.8) is 0 Å². The van der Waals surface area contributed by atoms with Crippen molar-refractivity contribution in [2.24, 2.45) is 0 Å². The van der Waals surface area contributed by atoms with Gasteiger partial charge in [-0.05, 0) is 78.4 Å². The van der Waals surface area contributed by atoms with Gasteiger partial charge in [0.05, 0.1) is 82.5 Å². The first kappa shape index (κ1) is 34.7. The zero-order valence-electron chi connectivity index (χ0n) is 30.3. The lowest BCUT2D eigenvalue weighted by Crippen LogP contribution is -2.29. The van der Waals surface area contributed by atoms with Crippen LogP contribution in [0.1, 0.15) is 76.5 Å². The summed E-state index contributed by atoms with van der Waals surface area (Å²) in [4.78, 5) is 61.8. The minimum atomic E-state index is -0.202. The van der Waals surface area contributed by atoms with Crippen LogP contribution in [0.15, 0.2) is 68.8 Å². The molecule has 0 radical (unpaired) electrons. The largest absolute Gasteiger partial charge is 0.294 e. The minimum absolute atomic E-state index is 0.136. The maximum absolute atomic E-state index is 13.1. The van der Waals surface area contributed by atoms with Crippen molar-refractivity contribution >= 4 is 43.6 Å². The van der Waals surface area contributed by atoms with E-state index in [9.17, 15) is 19.2 Å². The molecule has 0 aliphatic heterocycles. The van der Waals surface area contributed by atoms with E-state index in [0.717, 1.165) is 25.7 Å². The molecular weight excluding hydrogens is 724 g/mol. The Kier molecular flexibility index (Phi) is 8.69. The summed E-state index contributed by atoms with van der Waals surface area (Å²) in [6.45, 7) is 4.82. The van der Waals surface area contributed by atoms with Gasteiger partial charge < -0.3 is 0 Å². The molecule has 2 fully saturated rings. The van der Waals surface area contributed by atoms with Gasteiger partial charge in [0.15, 0.2) is 6.33 Å². The number of rotatable bonds is 10. The molecule has 2 aliphatic carbocycles. The smallest absolute Gasteiger partial charge is 0.277 e. The minimum Gasteiger partial charge on any atom is -0.294 e. The van der Waals surface area contributed by atoms with E-state index in [4.69, 9.17) is 0 Å². The third-order valence-electron chi connectivity index (χ3n) is 10.2. The van der Waals surface area contributed by atoms with Gasteiger partial charge in [0.1, 0.15) is 17.4 Å². The highest BCUT2D eigenvalue weighted by Crippen LogP contribution is 2.33. The van der Waals surface area contributed by atoms with Gasteiger partial charge in [-0.25, -0.2) is 24.0 Å². The van der Waals surface area contributed by atoms with E-state index in [1.807, 2.05) is 13.8 Å². The molecule has 10 rings (SSSR count). The molecule has 8 aromatic rings. The van der Waals surface area contributed by atoms with Crippen molar-refractivity contribution in [2.45, 2.75) is 89.6 Å². The van der Waals surface area contributed by atoms with Gasteiger partial charge in [0.25, 0.3) is 22.2 Å². The van der Waals surface area contributed by atoms with Gasteiger partial charge in [-0.1, -0.05) is 24.3 Å². The van der Waals surface area contributed by atoms with Crippen LogP contribution in [0.25, 0.3) is 43.6 Å². The first-order valence-electron chi connectivity index (χ1n) is 18.3. The topological polar surface area (TPSA) is 253 Å². The van der Waals surface area contributed by atoms with Crippen LogP contribution in [-0.2, 0) is 13.1 Å². The fourth-order valence-corrected chi connectivity index (χ4v) is 6.77. The summed E-state index contributed by atoms with van der Waals surface area (Å²) < 4.78 is 7.57. The van der Waals surface area contributed by atoms with Crippen LogP contribution in [0, 0.1) is 0 Å². The van der Waals surface area contributed by atoms with E-state index in [-0.39, 0.29) is 46.4 Å². The Morgan fingerprint density at radius 1 is 0.589 bits per heavy atom. The van der Waals surface area contributed by atoms with Crippen LogP contribution in [0.2, 0.25) is 0 Å². The molecule has 284 valence electrons. The fraction of sp³-hybridized carbons (Fsp3) is 0.412. The highest BCUT2D eigenvalue weighted by atomic mass is 16.1. The van der Waals surface area contributed by atoms with Crippen LogP contribution in [0.3, 0.4) is 0 Å². The molecule has 22 heteroatoms. The van der Waals surface area contributed by atoms with Crippen molar-refractivity contribution in [3.05, 3.63) is 91.0 Å². The molecule has 2 saturated carbocycles. The van der Waals surface area contributed by atoms with Crippen LogP contribution < -0.4 is 22.2 Å². The molecule has 22 nitrogen and oxygen atoms in total. The van der Waals surface area contributed by atoms with Gasteiger partial charge in [0.2, 0.25) is 0 Å². The molecule has 0 N–H and O–H groups in total. The first-order chi connectivity index (χ1) is 27.3. The second-order valence-corrected chi connectivity index (χ2v) is 14.0. The SMILES string of the molecule is CCC(Cn1cnnn1)n1cnc2cc3c(=O)n(C4CC4)nnc3cc2c1=O.CCC(Cn1ncnn1)n1cnc2cc3c(=O)n(C4CC4)nnc3cc2c1=O. The van der Waals surface area contributed by atoms with Gasteiger partial charge in [-0.2, -0.15) is 4.80 Å². The van der Waals surface area contributed by atoms with Gasteiger partial charge >= 0.3 is 0 Å². The molecule has 6 aromatic heterocycles. The fourth-order valence-electron chi connectivity index (χ4n) is 6.77. The van der Waals surface area contributed by atoms with Crippen LogP contribution in [0.5, 0.6) is 0 Å². The maximum Gasteiger partial charge on any atom is 0.277 e. The third kappa shape index (κ3) is 6.36. The number of fused-ring (bicyclic) bond motifs is 4. The Hall–Kier alpha value is -7.00. The number of nitrogens with zero attached hydrogens (tertiary/aromatic N) is 18. The van der Waals surface area contributed by atoms with E-state index in [0.29, 0.717) is 69.5 Å². The number of hydrogen-bond donors (Lipinski definition) is 0. The predicted octanol–water partition coefficient (Wildman–Crippen LogP) is 0.948. The van der Waals surface area contributed by atoms with Gasteiger partial charge in [-0.15, -0.1) is 25.5 Å². The number of tetrazole rings is 2. The van der Waals surface area contributed by atoms with Crippen LogP contribution in [-0.4, -0.2) is 89.5 Å². The second-order valence-electron chi connectivity index (χ2n) is 14.0. The molecule has 2 unspecified atom stereocenters. The van der Waals surface area contributed by atoms with Crippen molar-refractivity contribution in [2.75, 3.05) is 0 Å². The first-order valence-corrected chi connectivity index (χ1v) is 18.3. The maximum atomic E-state index is 13.1. The molecule has 6 heterocycles. The lowest BCUT2D eigenvalue weighted by molar-refractivity contribution is 0.357. The summed E-state index contributed by atoms with van der Waals surface area (Å²) in [5, 5.41) is 40.7. The molecule has 2 aromatic carbocycles. The van der Waals surface area contributed by atoms with E-state index in [2.05, 4.69) is 61.5 Å². The highest BCUT2D eigenvalue weighted by molar-refractivity contribution is 5.94. The molecular formula is C34H34N18O4. The quantitative estimate of drug-likeness (QED) is 0.176. The Balaban J connectivity index is 0.000000146. The van der Waals surface area contributed by atoms with Gasteiger partial charge in [0, 0.05) is 0 Å². The van der Waals surface area contributed by atoms with Crippen LogP contribution in [0.4, 0.5) is 0 Å². The summed E-state index contributed by atoms with van der Waals surface area (Å²) in [5.74, 6) is 0. The van der Waals surface area contributed by atoms with Crippen molar-refractivity contribution in [1.82, 2.24) is 89.5 Å². The molecule has 56 heavy (non-hydrogen) atoms. The number of hydrogen-bond acceptors (Lipinski definition) is 16. The predicted molar refractivity (Wildman–Crippen MR) is 198 cm³/mol. The Labute approximate surface area is 313 Å². The normalized spacial score (nSPS) is 15.3. The third-order valence-corrected chi connectivity index (χ3v) is 10.2. The lowest BCUT2D eigenvalue weighted by atomic mass is 10.1. The molecule has 0 saturated heterocycles. The van der Waals surface area contributed by atoms with E-state index >= 15 is 0 Å². The highest BCUT2D eigenvalue weighted by Gasteiger charge is 2.28. The molecule has 0 amide bonds. The molecule has 0 spiro atoms. The average molecular weight is 759 g/mol. The standard InChI is InChI=1S/2C17H17N9O2/c1-2-10(7-25-20-8-19-22-25)24-9-18-14-5-13-15(6-12(14)16(24)27)21-23-26(17(13)28)11-3-4-11;1-2-10(7-24-9-19-21-23-24)25-8-18-14-5-13-15(6-12(14)16(25)27)20-22-26(17(13)28)11-3-4-11/h2*5-6,8-11H,2-4,7H2,1H3. The van der Waals surface area contributed by atoms with E-state index in [1.54, 1.807) is 38.1 Å². The second kappa shape index (κ2) is 14.0. The number of aromatic nitrogens is 18. The summed E-state index contributed by atoms with van der Waals surface area (Å²) in [6, 6.07) is 6.41. The zero-order chi connectivity index (χ0) is 38.5. The molecule has 0 bridgehead atoms. The lowest BCUT2D eigenvalue weighted by Gasteiger charge is -2.17. The Morgan fingerprint density at radius 3 is 1.54 bits per heavy atom. The number of benzene rings is 2. The van der Waals surface area contributed by atoms with Gasteiger partial charge in [-0.3, -0.25) is 28.3 Å². The van der Waals surface area contributed by atoms with E-state index in [1.165, 1.54) is 39.5 Å². The monoisotopic (exact) mass is 758 g/mol. The molecule has 2 aliphatic rings. The summed E-state index contributed by atoms with van der Waals surface area (Å²) >= 11 is 0. The Morgan fingerprint density at radius 2 is 1.09 bits per heavy atom. The van der Waals surface area contributed by atoms with E-state index < -0.39 is 0 Å². The van der Waals surface area contributed by atoms with Crippen molar-refractivity contribution in [3.8, 4) is 0 Å². The van der Waals surface area contributed by atoms with Crippen LogP contribution >= 0.6 is 0 Å². The van der Waals surface area contributed by atoms with Crippen molar-refractivity contribution in [1.29, 1.82) is 0 Å². The summed E-state index contributed by atoms with van der Waals surface area (Å²) in [5.41, 5.74) is 0.964. The average Bonchev–Trinajstić information content (AvgIpc) is 4.13. The Bertz CT molecular complexity index is 2780. The molecule has 2 atom stereocenters. The zero-order valence-corrected chi connectivity index (χ0v) is 30.3. The summed E-state index contributed by atoms with van der Waals surface area (Å²) in [7, 11) is 0. The van der Waals surface area contributed by atoms with Crippen molar-refractivity contribution < 1.29 is 0 Å². The summed E-state index contributed by atoms with van der Waals surface area (Å²) in [6.07, 6.45) is 11.0.